The first-order valence-electron chi connectivity index (χ1n) is 5.45. The van der Waals surface area contributed by atoms with E-state index >= 15 is 0 Å². The Morgan fingerprint density at radius 2 is 2.28 bits per heavy atom. The van der Waals surface area contributed by atoms with E-state index in [2.05, 4.69) is 0 Å². The molecule has 98 valence electrons. The largest absolute Gasteiger partial charge is 0.486 e. The number of hydrogen-bond donors (Lipinski definition) is 1. The van der Waals surface area contributed by atoms with E-state index in [0.29, 0.717) is 19.0 Å². The van der Waals surface area contributed by atoms with Crippen LogP contribution in [-0.4, -0.2) is 44.3 Å². The normalized spacial score (nSPS) is 17.3. The third-order valence-corrected chi connectivity index (χ3v) is 2.36. The molecular formula is C12H14O6. The molecule has 0 amide bonds. The summed E-state index contributed by atoms with van der Waals surface area (Å²) in [5.74, 6) is -0.514. The van der Waals surface area contributed by atoms with E-state index in [0.717, 1.165) is 0 Å². The zero-order chi connectivity index (χ0) is 13.0. The van der Waals surface area contributed by atoms with Gasteiger partial charge in [0, 0.05) is 7.11 Å². The molecule has 0 aliphatic carbocycles. The first kappa shape index (κ1) is 12.7. The Bertz CT molecular complexity index is 427. The first-order chi connectivity index (χ1) is 8.72. The van der Waals surface area contributed by atoms with Gasteiger partial charge in [0.1, 0.15) is 18.3 Å². The summed E-state index contributed by atoms with van der Waals surface area (Å²) in [6, 6.07) is 4.69. The maximum Gasteiger partial charge on any atom is 0.339 e. The number of carboxylic acid groups (broad SMARTS) is 1. The summed E-state index contributed by atoms with van der Waals surface area (Å²) >= 11 is 0. The number of hydrogen-bond acceptors (Lipinski definition) is 5. The minimum atomic E-state index is -1.07. The second kappa shape index (κ2) is 5.70. The number of aromatic carboxylic acids is 1. The van der Waals surface area contributed by atoms with Gasteiger partial charge in [0.2, 0.25) is 0 Å². The fraction of sp³-hybridized carbons (Fsp3) is 0.417. The molecule has 0 spiro atoms. The summed E-state index contributed by atoms with van der Waals surface area (Å²) in [5, 5.41) is 9.10. The molecule has 2 rings (SSSR count). The second-order valence-electron chi connectivity index (χ2n) is 3.76. The molecule has 1 fully saturated rings. The molecule has 1 N–H and O–H groups in total. The Labute approximate surface area is 104 Å². The van der Waals surface area contributed by atoms with Crippen LogP contribution in [0.3, 0.4) is 0 Å². The van der Waals surface area contributed by atoms with Crippen molar-refractivity contribution in [3.8, 4) is 11.5 Å². The van der Waals surface area contributed by atoms with E-state index in [1.807, 2.05) is 0 Å². The van der Waals surface area contributed by atoms with Crippen LogP contribution in [0.2, 0.25) is 0 Å². The fourth-order valence-corrected chi connectivity index (χ4v) is 1.41. The van der Waals surface area contributed by atoms with Gasteiger partial charge in [-0.25, -0.2) is 4.79 Å². The number of ether oxygens (including phenoxy) is 4. The van der Waals surface area contributed by atoms with Gasteiger partial charge in [0.15, 0.2) is 18.3 Å². The van der Waals surface area contributed by atoms with Crippen LogP contribution in [-0.2, 0) is 9.47 Å². The Kier molecular flexibility index (Phi) is 4.01. The van der Waals surface area contributed by atoms with Crippen LogP contribution in [0.1, 0.15) is 10.4 Å². The molecule has 0 saturated carbocycles. The van der Waals surface area contributed by atoms with Gasteiger partial charge in [-0.05, 0) is 12.1 Å². The lowest BCUT2D eigenvalue weighted by atomic mass is 10.2. The van der Waals surface area contributed by atoms with Crippen molar-refractivity contribution in [2.45, 2.75) is 6.10 Å². The SMILES string of the molecule is COCOc1cccc(C(=O)O)c1OCC1CO1. The van der Waals surface area contributed by atoms with E-state index in [-0.39, 0.29) is 24.2 Å². The molecule has 6 nitrogen and oxygen atoms in total. The van der Waals surface area contributed by atoms with Crippen LogP contribution in [0.5, 0.6) is 11.5 Å². The van der Waals surface area contributed by atoms with Crippen molar-refractivity contribution >= 4 is 5.97 Å². The number of epoxide rings is 1. The zero-order valence-corrected chi connectivity index (χ0v) is 9.92. The van der Waals surface area contributed by atoms with Gasteiger partial charge in [-0.15, -0.1) is 0 Å². The van der Waals surface area contributed by atoms with Crippen LogP contribution in [0.15, 0.2) is 18.2 Å². The summed E-state index contributed by atoms with van der Waals surface area (Å²) in [6.45, 7) is 0.983. The summed E-state index contributed by atoms with van der Waals surface area (Å²) in [7, 11) is 1.49. The zero-order valence-electron chi connectivity index (χ0n) is 9.92. The lowest BCUT2D eigenvalue weighted by Crippen LogP contribution is -2.10. The Morgan fingerprint density at radius 3 is 2.89 bits per heavy atom. The molecule has 0 bridgehead atoms. The molecule has 1 aromatic carbocycles. The molecule has 0 radical (unpaired) electrons. The Hall–Kier alpha value is -1.79. The van der Waals surface area contributed by atoms with E-state index in [1.165, 1.54) is 13.2 Å². The number of para-hydroxylation sites is 1. The number of carboxylic acids is 1. The molecule has 1 heterocycles. The van der Waals surface area contributed by atoms with Crippen LogP contribution < -0.4 is 9.47 Å². The number of carbonyl (C=O) groups is 1. The first-order valence-corrected chi connectivity index (χ1v) is 5.45. The molecule has 6 heteroatoms. The monoisotopic (exact) mass is 254 g/mol. The van der Waals surface area contributed by atoms with Crippen LogP contribution in [0.25, 0.3) is 0 Å². The lowest BCUT2D eigenvalue weighted by molar-refractivity contribution is 0.0477. The van der Waals surface area contributed by atoms with Crippen LogP contribution in [0.4, 0.5) is 0 Å². The minimum Gasteiger partial charge on any atom is -0.486 e. The van der Waals surface area contributed by atoms with Crippen LogP contribution in [0, 0.1) is 0 Å². The highest BCUT2D eigenvalue weighted by atomic mass is 16.7. The fourth-order valence-electron chi connectivity index (χ4n) is 1.41. The quantitative estimate of drug-likeness (QED) is 0.581. The molecule has 1 aliphatic heterocycles. The van der Waals surface area contributed by atoms with Crippen molar-refractivity contribution in [3.63, 3.8) is 0 Å². The standard InChI is InChI=1S/C12H14O6/c1-15-7-18-10-4-2-3-9(12(13)14)11(10)17-6-8-5-16-8/h2-4,8H,5-7H2,1H3,(H,13,14). The topological polar surface area (TPSA) is 77.5 Å². The van der Waals surface area contributed by atoms with E-state index in [1.54, 1.807) is 12.1 Å². The lowest BCUT2D eigenvalue weighted by Gasteiger charge is -2.13. The van der Waals surface area contributed by atoms with Crippen molar-refractivity contribution in [2.75, 3.05) is 27.1 Å². The molecule has 1 atom stereocenters. The van der Waals surface area contributed by atoms with Gasteiger partial charge in [-0.2, -0.15) is 0 Å². The van der Waals surface area contributed by atoms with Crippen LogP contribution >= 0.6 is 0 Å². The van der Waals surface area contributed by atoms with Crippen molar-refractivity contribution in [1.29, 1.82) is 0 Å². The summed E-state index contributed by atoms with van der Waals surface area (Å²) in [5.41, 5.74) is 0.0595. The predicted molar refractivity (Wildman–Crippen MR) is 61.1 cm³/mol. The minimum absolute atomic E-state index is 0.0271. The molecule has 0 aromatic heterocycles. The Morgan fingerprint density at radius 1 is 1.50 bits per heavy atom. The molecule has 1 saturated heterocycles. The van der Waals surface area contributed by atoms with Crippen molar-refractivity contribution in [1.82, 2.24) is 0 Å². The highest BCUT2D eigenvalue weighted by molar-refractivity contribution is 5.92. The van der Waals surface area contributed by atoms with Gasteiger partial charge in [0.05, 0.1) is 6.61 Å². The average Bonchev–Trinajstić information content (AvgIpc) is 3.17. The van der Waals surface area contributed by atoms with Gasteiger partial charge in [-0.1, -0.05) is 6.07 Å². The highest BCUT2D eigenvalue weighted by Gasteiger charge is 2.25. The van der Waals surface area contributed by atoms with Crippen molar-refractivity contribution in [3.05, 3.63) is 23.8 Å². The smallest absolute Gasteiger partial charge is 0.339 e. The molecule has 18 heavy (non-hydrogen) atoms. The summed E-state index contributed by atoms with van der Waals surface area (Å²) in [6.07, 6.45) is 0.0436. The summed E-state index contributed by atoms with van der Waals surface area (Å²) in [4.78, 5) is 11.1. The van der Waals surface area contributed by atoms with Crippen molar-refractivity contribution < 1.29 is 28.8 Å². The van der Waals surface area contributed by atoms with E-state index in [9.17, 15) is 4.79 Å². The van der Waals surface area contributed by atoms with Gasteiger partial charge >= 0.3 is 5.97 Å². The van der Waals surface area contributed by atoms with Gasteiger partial charge < -0.3 is 24.1 Å². The van der Waals surface area contributed by atoms with E-state index < -0.39 is 5.97 Å². The molecule has 1 aliphatic rings. The number of methoxy groups -OCH3 is 1. The summed E-state index contributed by atoms with van der Waals surface area (Å²) < 4.78 is 20.5. The highest BCUT2D eigenvalue weighted by Crippen LogP contribution is 2.32. The third kappa shape index (κ3) is 3.12. The average molecular weight is 254 g/mol. The van der Waals surface area contributed by atoms with Gasteiger partial charge in [0.25, 0.3) is 0 Å². The number of rotatable bonds is 7. The predicted octanol–water partition coefficient (Wildman–Crippen LogP) is 1.15. The maximum absolute atomic E-state index is 11.1. The van der Waals surface area contributed by atoms with E-state index in [4.69, 9.17) is 24.1 Å². The van der Waals surface area contributed by atoms with Crippen molar-refractivity contribution in [2.24, 2.45) is 0 Å². The Balaban J connectivity index is 2.19. The molecular weight excluding hydrogens is 240 g/mol. The maximum atomic E-state index is 11.1. The number of benzene rings is 1. The van der Waals surface area contributed by atoms with Gasteiger partial charge in [-0.3, -0.25) is 0 Å². The molecule has 1 unspecified atom stereocenters. The third-order valence-electron chi connectivity index (χ3n) is 2.36. The molecule has 1 aromatic rings. The second-order valence-corrected chi connectivity index (χ2v) is 3.76.